The van der Waals surface area contributed by atoms with Gasteiger partial charge in [-0.25, -0.2) is 13.1 Å². The Bertz CT molecular complexity index is 338. The molecular weight excluding hydrogens is 244 g/mol. The van der Waals surface area contributed by atoms with Crippen LogP contribution in [0, 0.1) is 0 Å². The van der Waals surface area contributed by atoms with E-state index in [2.05, 4.69) is 10.0 Å². The van der Waals surface area contributed by atoms with Crippen LogP contribution in [0.25, 0.3) is 0 Å². The fourth-order valence-electron chi connectivity index (χ4n) is 1.47. The Hall–Kier alpha value is -0.660. The van der Waals surface area contributed by atoms with Crippen molar-refractivity contribution in [1.29, 1.82) is 0 Å². The Labute approximate surface area is 103 Å². The summed E-state index contributed by atoms with van der Waals surface area (Å²) in [6, 6.07) is 0. The Morgan fingerprint density at radius 1 is 1.29 bits per heavy atom. The van der Waals surface area contributed by atoms with Crippen molar-refractivity contribution in [2.45, 2.75) is 38.6 Å². The van der Waals surface area contributed by atoms with Gasteiger partial charge in [-0.3, -0.25) is 4.79 Å². The largest absolute Gasteiger partial charge is 0.481 e. The van der Waals surface area contributed by atoms with Crippen LogP contribution < -0.4 is 10.0 Å². The molecule has 0 aliphatic heterocycles. The first kappa shape index (κ1) is 16.3. The van der Waals surface area contributed by atoms with Gasteiger partial charge in [0.1, 0.15) is 0 Å². The van der Waals surface area contributed by atoms with Gasteiger partial charge in [0.25, 0.3) is 0 Å². The molecule has 0 aliphatic rings. The lowest BCUT2D eigenvalue weighted by Gasteiger charge is -2.25. The van der Waals surface area contributed by atoms with Crippen molar-refractivity contribution in [3.8, 4) is 0 Å². The van der Waals surface area contributed by atoms with Crippen LogP contribution in [0.2, 0.25) is 0 Å². The Kier molecular flexibility index (Phi) is 6.66. The van der Waals surface area contributed by atoms with E-state index in [1.54, 1.807) is 13.8 Å². The molecule has 0 radical (unpaired) electrons. The number of hydrogen-bond donors (Lipinski definition) is 3. The van der Waals surface area contributed by atoms with Crippen LogP contribution in [-0.4, -0.2) is 44.4 Å². The number of carboxylic acids is 1. The summed E-state index contributed by atoms with van der Waals surface area (Å²) in [4.78, 5) is 10.3. The lowest BCUT2D eigenvalue weighted by Crippen LogP contribution is -2.50. The molecule has 0 amide bonds. The monoisotopic (exact) mass is 266 g/mol. The molecule has 0 rings (SSSR count). The minimum absolute atomic E-state index is 0.173. The second-order valence-corrected chi connectivity index (χ2v) is 6.53. The summed E-state index contributed by atoms with van der Waals surface area (Å²) < 4.78 is 24.6. The summed E-state index contributed by atoms with van der Waals surface area (Å²) in [5, 5.41) is 11.5. The standard InChI is InChI=1S/C10H22N2O4S/c1-10(2,12-17(3,15)16)8-11-7-5-4-6-9(13)14/h11-12H,4-8H2,1-3H3,(H,13,14). The highest BCUT2D eigenvalue weighted by molar-refractivity contribution is 7.88. The zero-order chi connectivity index (χ0) is 13.5. The highest BCUT2D eigenvalue weighted by Gasteiger charge is 2.21. The van der Waals surface area contributed by atoms with Crippen LogP contribution in [0.4, 0.5) is 0 Å². The third-order valence-electron chi connectivity index (χ3n) is 2.02. The minimum atomic E-state index is -3.21. The summed E-state index contributed by atoms with van der Waals surface area (Å²) in [5.74, 6) is -0.788. The van der Waals surface area contributed by atoms with Gasteiger partial charge in [0.15, 0.2) is 0 Å². The molecule has 0 aromatic heterocycles. The van der Waals surface area contributed by atoms with E-state index in [9.17, 15) is 13.2 Å². The molecule has 0 fully saturated rings. The first-order valence-corrected chi connectivity index (χ1v) is 7.43. The minimum Gasteiger partial charge on any atom is -0.481 e. The van der Waals surface area contributed by atoms with E-state index in [1.807, 2.05) is 0 Å². The zero-order valence-corrected chi connectivity index (χ0v) is 11.4. The predicted molar refractivity (Wildman–Crippen MR) is 66.4 cm³/mol. The molecule has 102 valence electrons. The molecule has 0 saturated carbocycles. The SMILES string of the molecule is CC(C)(CNCCCCC(=O)O)NS(C)(=O)=O. The summed E-state index contributed by atoms with van der Waals surface area (Å²) in [6.07, 6.45) is 2.69. The predicted octanol–water partition coefficient (Wildman–Crippen LogP) is 0.159. The van der Waals surface area contributed by atoms with Crippen LogP contribution in [0.5, 0.6) is 0 Å². The van der Waals surface area contributed by atoms with Gasteiger partial charge in [-0.15, -0.1) is 0 Å². The average molecular weight is 266 g/mol. The highest BCUT2D eigenvalue weighted by atomic mass is 32.2. The van der Waals surface area contributed by atoms with Gasteiger partial charge >= 0.3 is 5.97 Å². The van der Waals surface area contributed by atoms with Crippen molar-refractivity contribution in [2.24, 2.45) is 0 Å². The maximum Gasteiger partial charge on any atom is 0.303 e. The Morgan fingerprint density at radius 2 is 1.88 bits per heavy atom. The quantitative estimate of drug-likeness (QED) is 0.517. The van der Waals surface area contributed by atoms with E-state index in [-0.39, 0.29) is 6.42 Å². The summed E-state index contributed by atoms with van der Waals surface area (Å²) in [5.41, 5.74) is -0.541. The number of nitrogens with one attached hydrogen (secondary N) is 2. The third-order valence-corrected chi connectivity index (χ3v) is 2.95. The molecule has 0 unspecified atom stereocenters. The van der Waals surface area contributed by atoms with Gasteiger partial charge in [-0.05, 0) is 33.2 Å². The molecular formula is C10H22N2O4S. The van der Waals surface area contributed by atoms with Gasteiger partial charge in [-0.2, -0.15) is 0 Å². The van der Waals surface area contributed by atoms with Gasteiger partial charge in [0, 0.05) is 18.5 Å². The van der Waals surface area contributed by atoms with Crippen LogP contribution in [0.15, 0.2) is 0 Å². The van der Waals surface area contributed by atoms with Crippen LogP contribution >= 0.6 is 0 Å². The number of hydrogen-bond acceptors (Lipinski definition) is 4. The fraction of sp³-hybridized carbons (Fsp3) is 0.900. The normalized spacial score (nSPS) is 12.6. The molecule has 0 aromatic rings. The van der Waals surface area contributed by atoms with E-state index >= 15 is 0 Å². The van der Waals surface area contributed by atoms with E-state index in [4.69, 9.17) is 5.11 Å². The molecule has 3 N–H and O–H groups in total. The van der Waals surface area contributed by atoms with Crippen molar-refractivity contribution in [3.05, 3.63) is 0 Å². The number of unbranched alkanes of at least 4 members (excludes halogenated alkanes) is 1. The van der Waals surface area contributed by atoms with Gasteiger partial charge in [0.05, 0.1) is 6.26 Å². The van der Waals surface area contributed by atoms with E-state index in [1.165, 1.54) is 0 Å². The summed E-state index contributed by atoms with van der Waals surface area (Å²) in [6.45, 7) is 4.77. The molecule has 7 heteroatoms. The number of aliphatic carboxylic acids is 1. The topological polar surface area (TPSA) is 95.5 Å². The van der Waals surface area contributed by atoms with E-state index in [0.29, 0.717) is 19.5 Å². The molecule has 0 heterocycles. The van der Waals surface area contributed by atoms with Crippen molar-refractivity contribution >= 4 is 16.0 Å². The number of carboxylic acid groups (broad SMARTS) is 1. The number of sulfonamides is 1. The number of rotatable bonds is 9. The van der Waals surface area contributed by atoms with Gasteiger partial charge in [0.2, 0.25) is 10.0 Å². The molecule has 0 aliphatic carbocycles. The van der Waals surface area contributed by atoms with Crippen LogP contribution in [0.1, 0.15) is 33.1 Å². The van der Waals surface area contributed by atoms with Crippen LogP contribution in [-0.2, 0) is 14.8 Å². The maximum absolute atomic E-state index is 11.1. The molecule has 0 aromatic carbocycles. The summed E-state index contributed by atoms with van der Waals surface area (Å²) in [7, 11) is -3.21. The second-order valence-electron chi connectivity index (χ2n) is 4.79. The lowest BCUT2D eigenvalue weighted by atomic mass is 10.1. The van der Waals surface area contributed by atoms with Crippen molar-refractivity contribution in [3.63, 3.8) is 0 Å². The fourth-order valence-corrected chi connectivity index (χ4v) is 2.54. The van der Waals surface area contributed by atoms with E-state index < -0.39 is 21.5 Å². The molecule has 0 bridgehead atoms. The van der Waals surface area contributed by atoms with Crippen LogP contribution in [0.3, 0.4) is 0 Å². The molecule has 0 atom stereocenters. The second kappa shape index (κ2) is 6.93. The number of carbonyl (C=O) groups is 1. The molecule has 17 heavy (non-hydrogen) atoms. The maximum atomic E-state index is 11.1. The third kappa shape index (κ3) is 11.6. The first-order valence-electron chi connectivity index (χ1n) is 5.54. The molecule has 6 nitrogen and oxygen atoms in total. The van der Waals surface area contributed by atoms with Crippen molar-refractivity contribution in [1.82, 2.24) is 10.0 Å². The van der Waals surface area contributed by atoms with E-state index in [0.717, 1.165) is 12.7 Å². The average Bonchev–Trinajstić information content (AvgIpc) is 2.06. The highest BCUT2D eigenvalue weighted by Crippen LogP contribution is 2.02. The van der Waals surface area contributed by atoms with Gasteiger partial charge in [-0.1, -0.05) is 0 Å². The van der Waals surface area contributed by atoms with Crippen molar-refractivity contribution in [2.75, 3.05) is 19.3 Å². The Balaban J connectivity index is 3.70. The zero-order valence-electron chi connectivity index (χ0n) is 10.6. The smallest absolute Gasteiger partial charge is 0.303 e. The molecule has 0 spiro atoms. The first-order chi connectivity index (χ1) is 7.62. The molecule has 0 saturated heterocycles. The summed E-state index contributed by atoms with van der Waals surface area (Å²) >= 11 is 0. The lowest BCUT2D eigenvalue weighted by molar-refractivity contribution is -0.137. The van der Waals surface area contributed by atoms with Crippen molar-refractivity contribution < 1.29 is 18.3 Å². The van der Waals surface area contributed by atoms with Gasteiger partial charge < -0.3 is 10.4 Å². The Morgan fingerprint density at radius 3 is 2.35 bits per heavy atom.